The molecule has 1 aromatic carbocycles. The summed E-state index contributed by atoms with van der Waals surface area (Å²) in [4.78, 5) is 22.7. The number of rotatable bonds is 4. The molecule has 1 atom stereocenters. The number of benzene rings is 1. The molecule has 6 nitrogen and oxygen atoms in total. The third-order valence-corrected chi connectivity index (χ3v) is 2.64. The van der Waals surface area contributed by atoms with Gasteiger partial charge in [0.15, 0.2) is 0 Å². The molecular formula is C13H14N4O2. The van der Waals surface area contributed by atoms with E-state index in [9.17, 15) is 9.59 Å². The molecule has 1 aromatic heterocycles. The molecule has 0 aliphatic rings. The van der Waals surface area contributed by atoms with Crippen LogP contribution in [0.1, 0.15) is 17.3 Å². The lowest BCUT2D eigenvalue weighted by Crippen LogP contribution is -2.42. The highest BCUT2D eigenvalue weighted by Crippen LogP contribution is 2.07. The Labute approximate surface area is 110 Å². The molecule has 2 rings (SSSR count). The number of amides is 2. The predicted molar refractivity (Wildman–Crippen MR) is 69.7 cm³/mol. The Morgan fingerprint density at radius 3 is 2.63 bits per heavy atom. The van der Waals surface area contributed by atoms with Crippen molar-refractivity contribution in [2.24, 2.45) is 5.73 Å². The van der Waals surface area contributed by atoms with Gasteiger partial charge in [-0.2, -0.15) is 5.10 Å². The summed E-state index contributed by atoms with van der Waals surface area (Å²) in [7, 11) is 0. The molecule has 0 aliphatic carbocycles. The summed E-state index contributed by atoms with van der Waals surface area (Å²) in [6, 6.07) is 8.70. The molecule has 2 amide bonds. The van der Waals surface area contributed by atoms with E-state index in [1.807, 2.05) is 30.3 Å². The highest BCUT2D eigenvalue weighted by molar-refractivity contribution is 5.96. The lowest BCUT2D eigenvalue weighted by molar-refractivity contribution is -0.119. The van der Waals surface area contributed by atoms with Crippen molar-refractivity contribution in [2.75, 3.05) is 0 Å². The van der Waals surface area contributed by atoms with Crippen molar-refractivity contribution in [2.45, 2.75) is 13.0 Å². The maximum atomic E-state index is 11.8. The van der Waals surface area contributed by atoms with Crippen molar-refractivity contribution in [3.8, 4) is 5.69 Å². The Kier molecular flexibility index (Phi) is 3.61. The first-order chi connectivity index (χ1) is 9.08. The molecule has 19 heavy (non-hydrogen) atoms. The SMILES string of the molecule is CC(NC(=O)c1cnn(-c2ccccc2)c1)C(N)=O. The van der Waals surface area contributed by atoms with Crippen LogP contribution in [-0.4, -0.2) is 27.6 Å². The minimum atomic E-state index is -0.715. The van der Waals surface area contributed by atoms with E-state index in [4.69, 9.17) is 5.73 Å². The Bertz CT molecular complexity index is 592. The van der Waals surface area contributed by atoms with Crippen LogP contribution >= 0.6 is 0 Å². The summed E-state index contributed by atoms with van der Waals surface area (Å²) in [5, 5.41) is 6.59. The number of para-hydroxylation sites is 1. The van der Waals surface area contributed by atoms with Crippen LogP contribution in [0.4, 0.5) is 0 Å². The van der Waals surface area contributed by atoms with E-state index in [1.54, 1.807) is 10.9 Å². The van der Waals surface area contributed by atoms with E-state index in [0.29, 0.717) is 5.56 Å². The average molecular weight is 258 g/mol. The first-order valence-electron chi connectivity index (χ1n) is 5.78. The van der Waals surface area contributed by atoms with E-state index < -0.39 is 11.9 Å². The molecule has 0 spiro atoms. The summed E-state index contributed by atoms with van der Waals surface area (Å²) < 4.78 is 1.59. The number of nitrogens with one attached hydrogen (secondary N) is 1. The van der Waals surface area contributed by atoms with Gasteiger partial charge >= 0.3 is 0 Å². The topological polar surface area (TPSA) is 90.0 Å². The first kappa shape index (κ1) is 12.8. The molecule has 0 bridgehead atoms. The highest BCUT2D eigenvalue weighted by Gasteiger charge is 2.15. The number of carbonyl (C=O) groups excluding carboxylic acids is 2. The fraction of sp³-hybridized carbons (Fsp3) is 0.154. The van der Waals surface area contributed by atoms with E-state index >= 15 is 0 Å². The molecule has 6 heteroatoms. The van der Waals surface area contributed by atoms with E-state index in [-0.39, 0.29) is 5.91 Å². The van der Waals surface area contributed by atoms with Crippen molar-refractivity contribution >= 4 is 11.8 Å². The van der Waals surface area contributed by atoms with Gasteiger partial charge in [0.25, 0.3) is 5.91 Å². The Morgan fingerprint density at radius 1 is 1.32 bits per heavy atom. The molecular weight excluding hydrogens is 244 g/mol. The second-order valence-corrected chi connectivity index (χ2v) is 4.11. The second-order valence-electron chi connectivity index (χ2n) is 4.11. The number of hydrogen-bond donors (Lipinski definition) is 2. The van der Waals surface area contributed by atoms with Crippen LogP contribution in [0, 0.1) is 0 Å². The maximum absolute atomic E-state index is 11.8. The minimum Gasteiger partial charge on any atom is -0.368 e. The number of nitrogens with two attached hydrogens (primary N) is 1. The van der Waals surface area contributed by atoms with E-state index in [2.05, 4.69) is 10.4 Å². The number of primary amides is 1. The van der Waals surface area contributed by atoms with Crippen LogP contribution in [0.5, 0.6) is 0 Å². The zero-order valence-electron chi connectivity index (χ0n) is 10.4. The van der Waals surface area contributed by atoms with E-state index in [0.717, 1.165) is 5.69 Å². The largest absolute Gasteiger partial charge is 0.368 e. The Balaban J connectivity index is 2.13. The summed E-state index contributed by atoms with van der Waals surface area (Å²) in [6.45, 7) is 1.53. The summed E-state index contributed by atoms with van der Waals surface area (Å²) in [5.41, 5.74) is 6.31. The molecule has 0 radical (unpaired) electrons. The average Bonchev–Trinajstić information content (AvgIpc) is 2.89. The van der Waals surface area contributed by atoms with Gasteiger partial charge in [0.2, 0.25) is 5.91 Å². The van der Waals surface area contributed by atoms with Gasteiger partial charge in [0.05, 0.1) is 17.4 Å². The molecule has 1 heterocycles. The van der Waals surface area contributed by atoms with Gasteiger partial charge in [-0.05, 0) is 19.1 Å². The fourth-order valence-corrected chi connectivity index (χ4v) is 1.51. The molecule has 1 unspecified atom stereocenters. The normalized spacial score (nSPS) is 11.8. The molecule has 0 aliphatic heterocycles. The third kappa shape index (κ3) is 2.98. The van der Waals surface area contributed by atoms with Crippen LogP contribution < -0.4 is 11.1 Å². The number of aromatic nitrogens is 2. The van der Waals surface area contributed by atoms with Gasteiger partial charge in [-0.25, -0.2) is 4.68 Å². The van der Waals surface area contributed by atoms with Gasteiger partial charge in [-0.1, -0.05) is 18.2 Å². The fourth-order valence-electron chi connectivity index (χ4n) is 1.51. The van der Waals surface area contributed by atoms with Gasteiger partial charge in [0, 0.05) is 6.20 Å². The van der Waals surface area contributed by atoms with Crippen LogP contribution in [0.3, 0.4) is 0 Å². The van der Waals surface area contributed by atoms with Crippen molar-refractivity contribution in [3.05, 3.63) is 48.3 Å². The Hall–Kier alpha value is -2.63. The van der Waals surface area contributed by atoms with Crippen molar-refractivity contribution < 1.29 is 9.59 Å². The van der Waals surface area contributed by atoms with Crippen molar-refractivity contribution in [3.63, 3.8) is 0 Å². The molecule has 2 aromatic rings. The maximum Gasteiger partial charge on any atom is 0.255 e. The Morgan fingerprint density at radius 2 is 2.00 bits per heavy atom. The molecule has 0 saturated heterocycles. The molecule has 3 N–H and O–H groups in total. The monoisotopic (exact) mass is 258 g/mol. The van der Waals surface area contributed by atoms with Crippen LogP contribution in [0.25, 0.3) is 5.69 Å². The van der Waals surface area contributed by atoms with Crippen molar-refractivity contribution in [1.82, 2.24) is 15.1 Å². The van der Waals surface area contributed by atoms with Crippen LogP contribution in [0.2, 0.25) is 0 Å². The quantitative estimate of drug-likeness (QED) is 0.835. The molecule has 0 saturated carbocycles. The lowest BCUT2D eigenvalue weighted by Gasteiger charge is -2.08. The number of carbonyl (C=O) groups is 2. The van der Waals surface area contributed by atoms with Crippen LogP contribution in [-0.2, 0) is 4.79 Å². The van der Waals surface area contributed by atoms with Gasteiger partial charge in [0.1, 0.15) is 6.04 Å². The summed E-state index contributed by atoms with van der Waals surface area (Å²) in [5.74, 6) is -0.961. The second kappa shape index (κ2) is 5.34. The molecule has 0 fully saturated rings. The number of nitrogens with zero attached hydrogens (tertiary/aromatic N) is 2. The minimum absolute atomic E-state index is 0.372. The first-order valence-corrected chi connectivity index (χ1v) is 5.78. The van der Waals surface area contributed by atoms with Gasteiger partial charge < -0.3 is 11.1 Å². The standard InChI is InChI=1S/C13H14N4O2/c1-9(12(14)18)16-13(19)10-7-15-17(8-10)11-5-3-2-4-6-11/h2-9H,1H3,(H2,14,18)(H,16,19). The van der Waals surface area contributed by atoms with Crippen LogP contribution in [0.15, 0.2) is 42.7 Å². The molecule has 98 valence electrons. The van der Waals surface area contributed by atoms with E-state index in [1.165, 1.54) is 13.1 Å². The van der Waals surface area contributed by atoms with Gasteiger partial charge in [-0.3, -0.25) is 9.59 Å². The smallest absolute Gasteiger partial charge is 0.255 e. The summed E-state index contributed by atoms with van der Waals surface area (Å²) >= 11 is 0. The zero-order chi connectivity index (χ0) is 13.8. The highest BCUT2D eigenvalue weighted by atomic mass is 16.2. The zero-order valence-corrected chi connectivity index (χ0v) is 10.4. The third-order valence-electron chi connectivity index (χ3n) is 2.64. The number of hydrogen-bond acceptors (Lipinski definition) is 3. The lowest BCUT2D eigenvalue weighted by atomic mass is 10.2. The van der Waals surface area contributed by atoms with Crippen molar-refractivity contribution in [1.29, 1.82) is 0 Å². The predicted octanol–water partition coefficient (Wildman–Crippen LogP) is 0.476. The summed E-state index contributed by atoms with van der Waals surface area (Å²) in [6.07, 6.45) is 3.04. The van der Waals surface area contributed by atoms with Gasteiger partial charge in [-0.15, -0.1) is 0 Å².